The predicted molar refractivity (Wildman–Crippen MR) is 433 cm³/mol. The highest BCUT2D eigenvalue weighted by molar-refractivity contribution is 7.26. The Hall–Kier alpha value is -10.7. The van der Waals surface area contributed by atoms with Crippen LogP contribution in [-0.2, 0) is 21.7 Å². The van der Waals surface area contributed by atoms with E-state index < -0.39 is 0 Å². The Morgan fingerprint density at radius 1 is 0.280 bits per heavy atom. The monoisotopic (exact) mass is 1310 g/mol. The number of para-hydroxylation sites is 3. The molecule has 0 amide bonds. The smallest absolute Gasteiger partial charge is 0.252 e. The van der Waals surface area contributed by atoms with E-state index in [1.54, 1.807) is 0 Å². The van der Waals surface area contributed by atoms with Gasteiger partial charge in [0, 0.05) is 82.3 Å². The lowest BCUT2D eigenvalue weighted by Crippen LogP contribution is -2.61. The van der Waals surface area contributed by atoms with Gasteiger partial charge in [0.2, 0.25) is 0 Å². The van der Waals surface area contributed by atoms with Crippen LogP contribution in [-0.4, -0.2) is 15.8 Å². The van der Waals surface area contributed by atoms with Gasteiger partial charge in [0.15, 0.2) is 0 Å². The molecule has 0 aliphatic carbocycles. The molecular weight excluding hydrogens is 1230 g/mol. The largest absolute Gasteiger partial charge is 0.310 e. The fourth-order valence-corrected chi connectivity index (χ4v) is 17.6. The van der Waals surface area contributed by atoms with Crippen molar-refractivity contribution >= 4 is 132 Å². The van der Waals surface area contributed by atoms with E-state index in [1.807, 2.05) is 11.3 Å². The zero-order valence-electron chi connectivity index (χ0n) is 59.3. The lowest BCUT2D eigenvalue weighted by Gasteiger charge is -2.46. The van der Waals surface area contributed by atoms with Gasteiger partial charge >= 0.3 is 0 Å². The summed E-state index contributed by atoms with van der Waals surface area (Å²) in [7, 11) is 0. The summed E-state index contributed by atoms with van der Waals surface area (Å²) >= 11 is 1.91. The maximum absolute atomic E-state index is 2.74. The Bertz CT molecular complexity index is 5930. The minimum absolute atomic E-state index is 0.0651. The molecule has 0 saturated heterocycles. The minimum atomic E-state index is -0.276. The lowest BCUT2D eigenvalue weighted by molar-refractivity contribution is 0.569. The molecule has 4 nitrogen and oxygen atoms in total. The fraction of sp³-hybridized carbons (Fsp3) is 0.170. The highest BCUT2D eigenvalue weighted by Crippen LogP contribution is 2.55. The molecule has 0 atom stereocenters. The minimum Gasteiger partial charge on any atom is -0.310 e. The van der Waals surface area contributed by atoms with Gasteiger partial charge in [-0.2, -0.15) is 0 Å². The Morgan fingerprint density at radius 2 is 0.740 bits per heavy atom. The van der Waals surface area contributed by atoms with Gasteiger partial charge in [0.1, 0.15) is 0 Å². The molecule has 0 N–H and O–H groups in total. The molecule has 0 unspecified atom stereocenters. The zero-order chi connectivity index (χ0) is 68.5. The van der Waals surface area contributed by atoms with Gasteiger partial charge < -0.3 is 18.9 Å². The second-order valence-corrected chi connectivity index (χ2v) is 33.2. The third-order valence-electron chi connectivity index (χ3n) is 21.7. The van der Waals surface area contributed by atoms with Crippen LogP contribution in [0.15, 0.2) is 273 Å². The summed E-state index contributed by atoms with van der Waals surface area (Å²) in [6.45, 7) is 28.2. The van der Waals surface area contributed by atoms with Crippen molar-refractivity contribution in [1.29, 1.82) is 0 Å². The molecule has 0 spiro atoms. The Kier molecular flexibility index (Phi) is 13.8. The van der Waals surface area contributed by atoms with E-state index in [-0.39, 0.29) is 28.4 Å². The molecule has 0 radical (unpaired) electrons. The molecule has 3 aromatic heterocycles. The van der Waals surface area contributed by atoms with Crippen LogP contribution in [0.3, 0.4) is 0 Å². The van der Waals surface area contributed by atoms with E-state index >= 15 is 0 Å². The fourth-order valence-electron chi connectivity index (χ4n) is 16.3. The van der Waals surface area contributed by atoms with Crippen molar-refractivity contribution in [3.63, 3.8) is 0 Å². The van der Waals surface area contributed by atoms with Crippen LogP contribution in [0.25, 0.3) is 109 Å². The van der Waals surface area contributed by atoms with E-state index in [0.717, 1.165) is 28.3 Å². The summed E-state index contributed by atoms with van der Waals surface area (Å²) in [5.74, 6) is 0. The summed E-state index contributed by atoms with van der Waals surface area (Å²) in [5, 5.41) is 7.44. The molecule has 6 heteroatoms. The number of aromatic nitrogens is 2. The first kappa shape index (κ1) is 61.7. The van der Waals surface area contributed by atoms with E-state index in [9.17, 15) is 0 Å². The predicted octanol–water partition coefficient (Wildman–Crippen LogP) is 24.5. The molecule has 0 bridgehead atoms. The number of benzene rings is 13. The Labute approximate surface area is 592 Å². The number of hydrogen-bond acceptors (Lipinski definition) is 3. The first-order chi connectivity index (χ1) is 48.1. The Balaban J connectivity index is 0.992. The molecule has 13 aromatic carbocycles. The van der Waals surface area contributed by atoms with Crippen LogP contribution in [0.1, 0.15) is 105 Å². The number of nitrogens with zero attached hydrogens (tertiary/aromatic N) is 4. The summed E-state index contributed by atoms with van der Waals surface area (Å²) < 4.78 is 7.58. The summed E-state index contributed by atoms with van der Waals surface area (Å²) in [5.41, 5.74) is 29.7. The molecule has 0 saturated carbocycles. The lowest BCUT2D eigenvalue weighted by atomic mass is 9.33. The number of fused-ring (bicyclic) bond motifs is 13. The van der Waals surface area contributed by atoms with Crippen molar-refractivity contribution in [2.24, 2.45) is 0 Å². The quantitative estimate of drug-likeness (QED) is 0.148. The van der Waals surface area contributed by atoms with Crippen molar-refractivity contribution in [3.8, 4) is 44.8 Å². The average molecular weight is 1310 g/mol. The third kappa shape index (κ3) is 9.76. The number of thiophene rings is 1. The van der Waals surface area contributed by atoms with Gasteiger partial charge in [-0.3, -0.25) is 0 Å². The second kappa shape index (κ2) is 22.4. The molecule has 100 heavy (non-hydrogen) atoms. The molecule has 486 valence electrons. The molecule has 2 aliphatic heterocycles. The highest BCUT2D eigenvalue weighted by Gasteiger charge is 2.46. The zero-order valence-corrected chi connectivity index (χ0v) is 60.1. The first-order valence-corrected chi connectivity index (χ1v) is 36.4. The van der Waals surface area contributed by atoms with Gasteiger partial charge in [-0.15, -0.1) is 11.3 Å². The maximum atomic E-state index is 2.74. The normalized spacial score (nSPS) is 13.3. The van der Waals surface area contributed by atoms with Crippen molar-refractivity contribution in [3.05, 3.63) is 295 Å². The summed E-state index contributed by atoms with van der Waals surface area (Å²) in [4.78, 5) is 5.44. The summed E-state index contributed by atoms with van der Waals surface area (Å²) in [6, 6.07) is 105. The van der Waals surface area contributed by atoms with Crippen LogP contribution in [0.2, 0.25) is 0 Å². The van der Waals surface area contributed by atoms with Gasteiger partial charge in [-0.05, 0) is 174 Å². The van der Waals surface area contributed by atoms with E-state index in [2.05, 4.69) is 375 Å². The van der Waals surface area contributed by atoms with E-state index in [1.165, 1.54) is 153 Å². The topological polar surface area (TPSA) is 16.3 Å². The van der Waals surface area contributed by atoms with E-state index in [0.29, 0.717) is 0 Å². The third-order valence-corrected chi connectivity index (χ3v) is 22.9. The SMILES string of the molecule is CC(C)(C)c1cc(-c2ccc3c(c2)N(c2cccc4c2sc2ccccc24)c2cc(C(C)(C)C)cc4c2B3c2ccc(-n3c5ccccc5c5cc6c(cc53)c3ccccc3n6-c3ccccc3)cc2N4c2c(-c3ccccc3)cc(C(C)(C)C)cc2-c2ccccc2)cc(C(C)(C)C)c1. The van der Waals surface area contributed by atoms with Gasteiger partial charge in [0.25, 0.3) is 6.71 Å². The van der Waals surface area contributed by atoms with E-state index in [4.69, 9.17) is 0 Å². The van der Waals surface area contributed by atoms with Crippen molar-refractivity contribution in [1.82, 2.24) is 9.13 Å². The number of hydrogen-bond donors (Lipinski definition) is 0. The van der Waals surface area contributed by atoms with Crippen molar-refractivity contribution in [2.75, 3.05) is 9.80 Å². The van der Waals surface area contributed by atoms with Crippen LogP contribution >= 0.6 is 11.3 Å². The average Bonchev–Trinajstić information content (AvgIpc) is 0.830. The second-order valence-electron chi connectivity index (χ2n) is 32.2. The van der Waals surface area contributed by atoms with Crippen LogP contribution in [0.4, 0.5) is 34.1 Å². The number of rotatable bonds is 7. The molecular formula is C94H81BN4S. The molecule has 0 fully saturated rings. The number of anilines is 6. The van der Waals surface area contributed by atoms with Crippen LogP contribution in [0.5, 0.6) is 0 Å². The van der Waals surface area contributed by atoms with Gasteiger partial charge in [-0.1, -0.05) is 265 Å². The van der Waals surface area contributed by atoms with Crippen molar-refractivity contribution < 1.29 is 0 Å². The Morgan fingerprint density at radius 3 is 1.31 bits per heavy atom. The summed E-state index contributed by atoms with van der Waals surface area (Å²) in [6.07, 6.45) is 0. The molecule has 18 rings (SSSR count). The standard InChI is InChI=1S/C94H81BN4S/c1-91(2,3)62-47-61(48-63(50-62)92(4,5)6)60-43-45-76-83(49-60)98(80-41-28-38-71-70-37-24-27-42-87(70)100-90(71)80)85-53-65(94(10,11)12)54-86-88(85)95(76)77-46-44-67(55-84(77)99(86)89-72(58-29-16-13-17-30-58)51-64(93(7,8)9)52-73(89)59-31-18-14-19-32-59)97-79-40-26-23-36-69(79)75-56-81-74(57-82(75)97)68-35-22-25-39-78(68)96(81)66-33-20-15-21-34-66/h13-57H,1-12H3. The van der Waals surface area contributed by atoms with Crippen LogP contribution < -0.4 is 26.2 Å². The van der Waals surface area contributed by atoms with Crippen molar-refractivity contribution in [2.45, 2.75) is 105 Å². The maximum Gasteiger partial charge on any atom is 0.252 e. The molecule has 2 aliphatic rings. The van der Waals surface area contributed by atoms with Gasteiger partial charge in [0.05, 0.1) is 38.1 Å². The first-order valence-electron chi connectivity index (χ1n) is 35.6. The van der Waals surface area contributed by atoms with Gasteiger partial charge in [-0.25, -0.2) is 0 Å². The molecule has 16 aromatic rings. The van der Waals surface area contributed by atoms with Crippen LogP contribution in [0, 0.1) is 0 Å². The highest BCUT2D eigenvalue weighted by atomic mass is 32.1. The molecule has 5 heterocycles.